The zero-order valence-corrected chi connectivity index (χ0v) is 15.1. The van der Waals surface area contributed by atoms with Gasteiger partial charge in [0.05, 0.1) is 11.2 Å². The van der Waals surface area contributed by atoms with Crippen molar-refractivity contribution >= 4 is 33.1 Å². The van der Waals surface area contributed by atoms with E-state index < -0.39 is 33.4 Å². The summed E-state index contributed by atoms with van der Waals surface area (Å²) < 4.78 is 28.3. The maximum absolute atomic E-state index is 12.1. The highest BCUT2D eigenvalue weighted by Crippen LogP contribution is 2.20. The fourth-order valence-corrected chi connectivity index (χ4v) is 3.41. The molecule has 130 valence electrons. The number of hydrogen-bond acceptors (Lipinski definition) is 6. The number of carboxylic acids is 1. The molecule has 1 atom stereocenters. The second-order valence-electron chi connectivity index (χ2n) is 6.04. The monoisotopic (exact) mass is 363 g/mol. The van der Waals surface area contributed by atoms with Crippen LogP contribution in [0.2, 0.25) is 0 Å². The Morgan fingerprint density at radius 3 is 2.43 bits per heavy atom. The topological polar surface area (TPSA) is 110 Å². The Bertz CT molecular complexity index is 672. The molecule has 23 heavy (non-hydrogen) atoms. The molecular weight excluding hydrogens is 342 g/mol. The van der Waals surface area contributed by atoms with Crippen LogP contribution < -0.4 is 5.32 Å². The van der Waals surface area contributed by atoms with Crippen LogP contribution in [0.4, 0.5) is 0 Å². The first kappa shape index (κ1) is 19.6. The Morgan fingerprint density at radius 2 is 2.00 bits per heavy atom. The van der Waals surface area contributed by atoms with Crippen LogP contribution in [0.25, 0.3) is 0 Å². The minimum absolute atomic E-state index is 0.0607. The molecule has 1 rings (SSSR count). The number of nitrogens with one attached hydrogen (secondary N) is 1. The van der Waals surface area contributed by atoms with E-state index in [0.717, 1.165) is 17.6 Å². The molecule has 0 radical (unpaired) electrons. The Morgan fingerprint density at radius 1 is 1.39 bits per heavy atom. The van der Waals surface area contributed by atoms with Crippen LogP contribution in [0.15, 0.2) is 15.7 Å². The average molecular weight is 363 g/mol. The Hall–Kier alpha value is -1.45. The van der Waals surface area contributed by atoms with E-state index in [4.69, 9.17) is 9.84 Å². The summed E-state index contributed by atoms with van der Waals surface area (Å²) >= 11 is 0.921. The van der Waals surface area contributed by atoms with Crippen LogP contribution in [-0.2, 0) is 19.4 Å². The molecule has 0 bridgehead atoms. The van der Waals surface area contributed by atoms with Gasteiger partial charge < -0.3 is 15.2 Å². The molecule has 1 heterocycles. The highest BCUT2D eigenvalue weighted by atomic mass is 32.2. The van der Waals surface area contributed by atoms with Crippen LogP contribution in [0.1, 0.15) is 37.6 Å². The summed E-state index contributed by atoms with van der Waals surface area (Å²) in [5, 5.41) is 12.9. The predicted octanol–water partition coefficient (Wildman–Crippen LogP) is 1.54. The van der Waals surface area contributed by atoms with Crippen molar-refractivity contribution in [1.29, 1.82) is 0 Å². The molecule has 1 amide bonds. The number of amides is 1. The van der Waals surface area contributed by atoms with Crippen molar-refractivity contribution in [2.45, 2.75) is 43.0 Å². The van der Waals surface area contributed by atoms with Gasteiger partial charge >= 0.3 is 5.97 Å². The van der Waals surface area contributed by atoms with Gasteiger partial charge in [-0.05, 0) is 26.8 Å². The van der Waals surface area contributed by atoms with E-state index in [9.17, 15) is 18.0 Å². The number of rotatable bonds is 7. The van der Waals surface area contributed by atoms with Gasteiger partial charge in [-0.25, -0.2) is 13.2 Å². The van der Waals surface area contributed by atoms with Crippen LogP contribution in [0.5, 0.6) is 0 Å². The summed E-state index contributed by atoms with van der Waals surface area (Å²) in [7, 11) is -3.39. The molecule has 0 spiro atoms. The molecule has 0 fully saturated rings. The van der Waals surface area contributed by atoms with Crippen molar-refractivity contribution in [1.82, 2.24) is 5.32 Å². The second kappa shape index (κ2) is 7.41. The molecule has 1 unspecified atom stereocenters. The summed E-state index contributed by atoms with van der Waals surface area (Å²) in [6.45, 7) is 5.72. The van der Waals surface area contributed by atoms with E-state index in [1.165, 1.54) is 11.4 Å². The van der Waals surface area contributed by atoms with E-state index in [0.29, 0.717) is 0 Å². The number of carboxylic acid groups (broad SMARTS) is 1. The lowest BCUT2D eigenvalue weighted by molar-refractivity contribution is -0.140. The van der Waals surface area contributed by atoms with Gasteiger partial charge in [-0.2, -0.15) is 0 Å². The third-order valence-electron chi connectivity index (χ3n) is 2.75. The minimum atomic E-state index is -3.39. The number of aliphatic carboxylic acids is 1. The zero-order valence-electron chi connectivity index (χ0n) is 13.5. The minimum Gasteiger partial charge on any atom is -0.480 e. The van der Waals surface area contributed by atoms with Crippen LogP contribution in [0, 0.1) is 0 Å². The highest BCUT2D eigenvalue weighted by Gasteiger charge is 2.23. The van der Waals surface area contributed by atoms with Gasteiger partial charge in [0, 0.05) is 24.7 Å². The van der Waals surface area contributed by atoms with Gasteiger partial charge in [-0.1, -0.05) is 0 Å². The molecule has 0 saturated heterocycles. The molecule has 0 aliphatic heterocycles. The number of carbonyl (C=O) groups excluding carboxylic acids is 1. The van der Waals surface area contributed by atoms with Gasteiger partial charge in [-0.15, -0.1) is 11.3 Å². The van der Waals surface area contributed by atoms with Crippen molar-refractivity contribution in [2.24, 2.45) is 0 Å². The van der Waals surface area contributed by atoms with Crippen LogP contribution in [-0.4, -0.2) is 49.9 Å². The van der Waals surface area contributed by atoms with E-state index in [1.807, 2.05) is 20.8 Å². The maximum Gasteiger partial charge on any atom is 0.326 e. The molecule has 1 aromatic heterocycles. The largest absolute Gasteiger partial charge is 0.480 e. The first-order chi connectivity index (χ1) is 10.4. The summed E-state index contributed by atoms with van der Waals surface area (Å²) in [6.07, 6.45) is 1.16. The Balaban J connectivity index is 2.71. The number of ether oxygens (including phenoxy) is 1. The van der Waals surface area contributed by atoms with Gasteiger partial charge in [0.25, 0.3) is 5.91 Å². The number of thiophene rings is 1. The van der Waals surface area contributed by atoms with Gasteiger partial charge in [0.15, 0.2) is 9.84 Å². The lowest BCUT2D eigenvalue weighted by Crippen LogP contribution is -2.41. The first-order valence-electron chi connectivity index (χ1n) is 6.86. The third kappa shape index (κ3) is 6.67. The average Bonchev–Trinajstić information content (AvgIpc) is 2.85. The van der Waals surface area contributed by atoms with Crippen LogP contribution in [0.3, 0.4) is 0 Å². The van der Waals surface area contributed by atoms with E-state index >= 15 is 0 Å². The third-order valence-corrected chi connectivity index (χ3v) is 5.52. The van der Waals surface area contributed by atoms with Gasteiger partial charge in [0.2, 0.25) is 0 Å². The lowest BCUT2D eigenvalue weighted by atomic mass is 10.1. The second-order valence-corrected chi connectivity index (χ2v) is 9.19. The molecule has 7 nitrogen and oxygen atoms in total. The molecule has 0 aliphatic carbocycles. The smallest absolute Gasteiger partial charge is 0.326 e. The van der Waals surface area contributed by atoms with E-state index in [2.05, 4.69) is 5.32 Å². The number of hydrogen-bond donors (Lipinski definition) is 2. The zero-order chi connectivity index (χ0) is 17.8. The molecule has 0 aromatic carbocycles. The number of sulfone groups is 1. The van der Waals surface area contributed by atoms with Crippen molar-refractivity contribution in [3.05, 3.63) is 17.0 Å². The fraction of sp³-hybridized carbons (Fsp3) is 0.571. The molecular formula is C14H21NO6S2. The van der Waals surface area contributed by atoms with Crippen molar-refractivity contribution in [3.63, 3.8) is 0 Å². The maximum atomic E-state index is 12.1. The molecule has 0 saturated carbocycles. The quantitative estimate of drug-likeness (QED) is 0.760. The molecule has 2 N–H and O–H groups in total. The highest BCUT2D eigenvalue weighted by molar-refractivity contribution is 7.92. The number of carbonyl (C=O) groups is 2. The van der Waals surface area contributed by atoms with Gasteiger partial charge in [0.1, 0.15) is 10.3 Å². The van der Waals surface area contributed by atoms with Gasteiger partial charge in [-0.3, -0.25) is 4.79 Å². The molecule has 1 aromatic rings. The van der Waals surface area contributed by atoms with E-state index in [-0.39, 0.29) is 22.8 Å². The first-order valence-corrected chi connectivity index (χ1v) is 9.63. The fourth-order valence-electron chi connectivity index (χ4n) is 1.61. The molecule has 9 heteroatoms. The van der Waals surface area contributed by atoms with Crippen molar-refractivity contribution in [3.8, 4) is 0 Å². The standard InChI is InChI=1S/C14H21NO6S2/c1-14(2,3)21-6-5-10(13(17)18)15-12(16)9-7-11(22-8-9)23(4,19)20/h7-8,10H,5-6H2,1-4H3,(H,15,16)(H,17,18). The molecule has 0 aliphatic rings. The predicted molar refractivity (Wildman–Crippen MR) is 86.6 cm³/mol. The van der Waals surface area contributed by atoms with Crippen molar-refractivity contribution < 1.29 is 27.9 Å². The van der Waals surface area contributed by atoms with Crippen molar-refractivity contribution in [2.75, 3.05) is 12.9 Å². The normalized spacial score (nSPS) is 13.6. The Kier molecular flexibility index (Phi) is 6.32. The summed E-state index contributed by atoms with van der Waals surface area (Å²) in [5.74, 6) is -1.80. The SMILES string of the molecule is CC(C)(C)OCCC(NC(=O)c1csc(S(C)(=O)=O)c1)C(=O)O. The summed E-state index contributed by atoms with van der Waals surface area (Å²) in [5.41, 5.74) is -0.274. The summed E-state index contributed by atoms with van der Waals surface area (Å²) in [6, 6.07) is 0.131. The van der Waals surface area contributed by atoms with Crippen LogP contribution >= 0.6 is 11.3 Å². The summed E-state index contributed by atoms with van der Waals surface area (Å²) in [4.78, 5) is 23.3. The van der Waals surface area contributed by atoms with E-state index in [1.54, 1.807) is 0 Å². The lowest BCUT2D eigenvalue weighted by Gasteiger charge is -2.21. The Labute approximate surface area is 139 Å².